The van der Waals surface area contributed by atoms with Gasteiger partial charge < -0.3 is 24.6 Å². The van der Waals surface area contributed by atoms with Crippen molar-refractivity contribution in [2.45, 2.75) is 58.2 Å². The Hall–Kier alpha value is -2.58. The first-order chi connectivity index (χ1) is 16.4. The van der Waals surface area contributed by atoms with Gasteiger partial charge in [0.05, 0.1) is 12.1 Å². The third-order valence-corrected chi connectivity index (χ3v) is 7.31. The fourth-order valence-corrected chi connectivity index (χ4v) is 5.46. The molecule has 0 spiro atoms. The number of aryl methyl sites for hydroxylation is 1. The van der Waals surface area contributed by atoms with Crippen molar-refractivity contribution in [3.8, 4) is 5.75 Å². The van der Waals surface area contributed by atoms with E-state index in [1.54, 1.807) is 16.2 Å². The summed E-state index contributed by atoms with van der Waals surface area (Å²) >= 11 is 1.73. The Kier molecular flexibility index (Phi) is 8.11. The molecule has 1 aromatic carbocycles. The molecule has 7 nitrogen and oxygen atoms in total. The lowest BCUT2D eigenvalue weighted by Gasteiger charge is -2.37. The van der Waals surface area contributed by atoms with Crippen LogP contribution in [0.15, 0.2) is 35.7 Å². The predicted octanol–water partition coefficient (Wildman–Crippen LogP) is 4.16. The summed E-state index contributed by atoms with van der Waals surface area (Å²) in [6, 6.07) is 9.64. The Morgan fingerprint density at radius 2 is 2.06 bits per heavy atom. The summed E-state index contributed by atoms with van der Waals surface area (Å²) in [5, 5.41) is 5.02. The summed E-state index contributed by atoms with van der Waals surface area (Å²) in [6.45, 7) is 8.04. The first-order valence-electron chi connectivity index (χ1n) is 12.1. The topological polar surface area (TPSA) is 71.1 Å². The fraction of sp³-hybridized carbons (Fsp3) is 0.538. The largest absolute Gasteiger partial charge is 0.491 e. The Morgan fingerprint density at radius 1 is 1.26 bits per heavy atom. The highest BCUT2D eigenvalue weighted by Gasteiger charge is 2.34. The smallest absolute Gasteiger partial charge is 0.318 e. The molecule has 3 heterocycles. The second-order valence-electron chi connectivity index (χ2n) is 9.40. The molecule has 0 bridgehead atoms. The van der Waals surface area contributed by atoms with Gasteiger partial charge in [-0.1, -0.05) is 17.7 Å². The van der Waals surface area contributed by atoms with Crippen LogP contribution in [0.4, 0.5) is 4.79 Å². The first kappa shape index (κ1) is 24.5. The normalized spacial score (nSPS) is 19.7. The molecule has 2 aromatic rings. The van der Waals surface area contributed by atoms with Crippen molar-refractivity contribution < 1.29 is 19.1 Å². The molecule has 1 fully saturated rings. The molecule has 0 saturated carbocycles. The molecule has 0 radical (unpaired) electrons. The molecule has 1 aromatic heterocycles. The molecule has 34 heavy (non-hydrogen) atoms. The van der Waals surface area contributed by atoms with Crippen LogP contribution in [0.2, 0.25) is 0 Å². The minimum atomic E-state index is -0.223. The highest BCUT2D eigenvalue weighted by Crippen LogP contribution is 2.34. The summed E-state index contributed by atoms with van der Waals surface area (Å²) in [7, 11) is 0. The van der Waals surface area contributed by atoms with Gasteiger partial charge in [0, 0.05) is 30.6 Å². The minimum absolute atomic E-state index is 0.00592. The lowest BCUT2D eigenvalue weighted by Crippen LogP contribution is -2.52. The Morgan fingerprint density at radius 3 is 2.76 bits per heavy atom. The zero-order valence-electron chi connectivity index (χ0n) is 20.3. The van der Waals surface area contributed by atoms with Crippen molar-refractivity contribution in [1.82, 2.24) is 15.1 Å². The van der Waals surface area contributed by atoms with Gasteiger partial charge in [-0.25, -0.2) is 4.79 Å². The van der Waals surface area contributed by atoms with Crippen LogP contribution in [0.5, 0.6) is 5.75 Å². The monoisotopic (exact) mass is 485 g/mol. The molecule has 0 aliphatic carbocycles. The molecular weight excluding hydrogens is 450 g/mol. The summed E-state index contributed by atoms with van der Waals surface area (Å²) < 4.78 is 11.9. The van der Waals surface area contributed by atoms with E-state index < -0.39 is 0 Å². The lowest BCUT2D eigenvalue weighted by molar-refractivity contribution is -0.135. The fourth-order valence-electron chi connectivity index (χ4n) is 4.53. The number of urea groups is 1. The van der Waals surface area contributed by atoms with Gasteiger partial charge in [-0.2, -0.15) is 0 Å². The molecule has 3 amide bonds. The molecule has 2 atom stereocenters. The number of fused-ring (bicyclic) bond motifs is 1. The van der Waals surface area contributed by atoms with E-state index in [-0.39, 0.29) is 36.7 Å². The van der Waals surface area contributed by atoms with E-state index in [2.05, 4.69) is 16.8 Å². The molecule has 1 saturated heterocycles. The van der Waals surface area contributed by atoms with Crippen molar-refractivity contribution in [3.05, 3.63) is 51.7 Å². The number of benzene rings is 1. The van der Waals surface area contributed by atoms with E-state index in [1.807, 2.05) is 49.9 Å². The maximum Gasteiger partial charge on any atom is 0.318 e. The Balaban J connectivity index is 1.48. The van der Waals surface area contributed by atoms with Crippen LogP contribution in [-0.2, 0) is 16.0 Å². The minimum Gasteiger partial charge on any atom is -0.491 e. The van der Waals surface area contributed by atoms with Gasteiger partial charge in [0.2, 0.25) is 5.91 Å². The molecule has 2 aliphatic heterocycles. The molecule has 8 heteroatoms. The number of nitrogens with one attached hydrogen (secondary N) is 1. The molecule has 1 N–H and O–H groups in total. The maximum atomic E-state index is 13.6. The summed E-state index contributed by atoms with van der Waals surface area (Å²) in [5.74, 6) is 0.725. The predicted molar refractivity (Wildman–Crippen MR) is 133 cm³/mol. The lowest BCUT2D eigenvalue weighted by atomic mass is 10.0. The summed E-state index contributed by atoms with van der Waals surface area (Å²) in [4.78, 5) is 31.3. The van der Waals surface area contributed by atoms with Gasteiger partial charge in [-0.05, 0) is 69.2 Å². The Labute approximate surface area is 206 Å². The van der Waals surface area contributed by atoms with Gasteiger partial charge in [-0.3, -0.25) is 4.79 Å². The number of hydrogen-bond donors (Lipinski definition) is 1. The van der Waals surface area contributed by atoms with E-state index in [0.29, 0.717) is 26.3 Å². The van der Waals surface area contributed by atoms with Crippen LogP contribution >= 0.6 is 11.3 Å². The van der Waals surface area contributed by atoms with Crippen LogP contribution in [-0.4, -0.2) is 66.7 Å². The number of carbonyl (C=O) groups is 2. The molecule has 4 rings (SSSR count). The van der Waals surface area contributed by atoms with Crippen LogP contribution in [0.3, 0.4) is 0 Å². The molecular formula is C26H35N3O4S. The van der Waals surface area contributed by atoms with Crippen LogP contribution in [0.25, 0.3) is 0 Å². The van der Waals surface area contributed by atoms with Crippen molar-refractivity contribution >= 4 is 23.3 Å². The van der Waals surface area contributed by atoms with Gasteiger partial charge in [-0.15, -0.1) is 11.3 Å². The van der Waals surface area contributed by atoms with Gasteiger partial charge in [0.15, 0.2) is 0 Å². The van der Waals surface area contributed by atoms with Crippen molar-refractivity contribution in [1.29, 1.82) is 0 Å². The standard InChI is InChI=1S/C26H35N3O4S/c1-18(2)27-26(31)28(15-21-5-4-13-32-21)16-25(30)29-12-10-24-22(11-14-34-24)23(29)17-33-20-8-6-19(3)7-9-20/h6-9,11,14,18,21,23H,4-5,10,12-13,15-17H2,1-3H3,(H,27,31). The number of nitrogens with zero attached hydrogens (tertiary/aromatic N) is 2. The van der Waals surface area contributed by atoms with Crippen molar-refractivity contribution in [2.75, 3.05) is 32.8 Å². The molecule has 2 unspecified atom stereocenters. The zero-order valence-corrected chi connectivity index (χ0v) is 21.1. The highest BCUT2D eigenvalue weighted by atomic mass is 32.1. The van der Waals surface area contributed by atoms with Crippen molar-refractivity contribution in [2.24, 2.45) is 0 Å². The van der Waals surface area contributed by atoms with E-state index in [0.717, 1.165) is 30.6 Å². The second-order valence-corrected chi connectivity index (χ2v) is 10.4. The third kappa shape index (κ3) is 6.10. The van der Waals surface area contributed by atoms with Gasteiger partial charge >= 0.3 is 6.03 Å². The van der Waals surface area contributed by atoms with E-state index in [4.69, 9.17) is 9.47 Å². The van der Waals surface area contributed by atoms with E-state index >= 15 is 0 Å². The van der Waals surface area contributed by atoms with Gasteiger partial charge in [0.25, 0.3) is 0 Å². The van der Waals surface area contributed by atoms with E-state index in [9.17, 15) is 9.59 Å². The maximum absolute atomic E-state index is 13.6. The number of rotatable bonds is 8. The van der Waals surface area contributed by atoms with E-state index in [1.165, 1.54) is 10.4 Å². The number of ether oxygens (including phenoxy) is 2. The molecule has 2 aliphatic rings. The number of thiophene rings is 1. The Bertz CT molecular complexity index is 969. The van der Waals surface area contributed by atoms with Crippen LogP contribution < -0.4 is 10.1 Å². The molecule has 184 valence electrons. The first-order valence-corrected chi connectivity index (χ1v) is 13.0. The quantitative estimate of drug-likeness (QED) is 0.610. The number of amides is 3. The summed E-state index contributed by atoms with van der Waals surface area (Å²) in [6.07, 6.45) is 2.71. The van der Waals surface area contributed by atoms with Crippen molar-refractivity contribution in [3.63, 3.8) is 0 Å². The zero-order chi connectivity index (χ0) is 24.1. The second kappa shape index (κ2) is 11.2. The van der Waals surface area contributed by atoms with Crippen LogP contribution in [0.1, 0.15) is 48.7 Å². The average molecular weight is 486 g/mol. The highest BCUT2D eigenvalue weighted by molar-refractivity contribution is 7.10. The van der Waals surface area contributed by atoms with Crippen LogP contribution in [0, 0.1) is 6.92 Å². The summed E-state index contributed by atoms with van der Waals surface area (Å²) in [5.41, 5.74) is 2.32. The third-order valence-electron chi connectivity index (χ3n) is 6.32. The number of hydrogen-bond acceptors (Lipinski definition) is 5. The SMILES string of the molecule is Cc1ccc(OCC2c3ccsc3CCN2C(=O)CN(CC2CCCO2)C(=O)NC(C)C)cc1. The van der Waals surface area contributed by atoms with Gasteiger partial charge in [0.1, 0.15) is 18.9 Å². The average Bonchev–Trinajstić information content (AvgIpc) is 3.49. The number of carbonyl (C=O) groups excluding carboxylic acids is 2.